The number of methoxy groups -OCH3 is 1. The quantitative estimate of drug-likeness (QED) is 0.855. The molecule has 0 aliphatic carbocycles. The predicted octanol–water partition coefficient (Wildman–Crippen LogP) is 1.34. The second kappa shape index (κ2) is 7.01. The average Bonchev–Trinajstić information content (AvgIpc) is 2.67. The standard InChI is InChI=1S/C18H18N4O2/c1-24-16-6-2-4-14(12-16)18(23)22-10-8-21(9-11-22)17-15(13-19)5-3-7-20-17/h2-7,12H,8-11H2,1H3/p+1. The third-order valence-corrected chi connectivity index (χ3v) is 4.15. The number of hydrogen-bond donors (Lipinski definition) is 0. The van der Waals surface area contributed by atoms with Gasteiger partial charge in [-0.15, -0.1) is 0 Å². The van der Waals surface area contributed by atoms with E-state index in [4.69, 9.17) is 4.74 Å². The van der Waals surface area contributed by atoms with Gasteiger partial charge in [-0.25, -0.2) is 4.98 Å². The fourth-order valence-electron chi connectivity index (χ4n) is 2.85. The van der Waals surface area contributed by atoms with Crippen LogP contribution in [0.25, 0.3) is 0 Å². The van der Waals surface area contributed by atoms with Crippen molar-refractivity contribution in [3.8, 4) is 11.8 Å². The number of carbonyl (C=O) groups is 1. The molecule has 0 spiro atoms. The largest absolute Gasteiger partial charge is 0.497 e. The van der Waals surface area contributed by atoms with Crippen LogP contribution in [0.2, 0.25) is 0 Å². The van der Waals surface area contributed by atoms with Gasteiger partial charge in [0, 0.05) is 5.56 Å². The van der Waals surface area contributed by atoms with Crippen molar-refractivity contribution < 1.29 is 14.5 Å². The number of anilines is 1. The minimum Gasteiger partial charge on any atom is -0.497 e. The molecule has 0 saturated carbocycles. The summed E-state index contributed by atoms with van der Waals surface area (Å²) in [4.78, 5) is 19.7. The predicted molar refractivity (Wildman–Crippen MR) is 88.8 cm³/mol. The number of benzene rings is 1. The molecule has 1 aliphatic rings. The van der Waals surface area contributed by atoms with Gasteiger partial charge in [0.1, 0.15) is 30.5 Å². The first-order valence-electron chi connectivity index (χ1n) is 7.82. The van der Waals surface area contributed by atoms with Crippen LogP contribution in [0.15, 0.2) is 42.6 Å². The van der Waals surface area contributed by atoms with Crippen molar-refractivity contribution in [1.82, 2.24) is 4.90 Å². The normalized spacial score (nSPS) is 14.2. The maximum atomic E-state index is 12.6. The van der Waals surface area contributed by atoms with Crippen LogP contribution in [0.5, 0.6) is 5.75 Å². The molecule has 3 rings (SSSR count). The monoisotopic (exact) mass is 323 g/mol. The van der Waals surface area contributed by atoms with Crippen LogP contribution >= 0.6 is 0 Å². The maximum Gasteiger partial charge on any atom is 0.292 e. The Labute approximate surface area is 140 Å². The number of carbonyl (C=O) groups excluding carboxylic acids is 1. The van der Waals surface area contributed by atoms with Crippen molar-refractivity contribution in [2.75, 3.05) is 38.2 Å². The number of nitriles is 1. The molecule has 1 aromatic carbocycles. The van der Waals surface area contributed by atoms with Crippen LogP contribution < -0.4 is 14.6 Å². The Hall–Kier alpha value is -3.07. The summed E-state index contributed by atoms with van der Waals surface area (Å²) in [5.41, 5.74) is 1.25. The molecule has 1 N–H and O–H groups in total. The summed E-state index contributed by atoms with van der Waals surface area (Å²) < 4.78 is 5.18. The number of H-pyrrole nitrogens is 1. The van der Waals surface area contributed by atoms with E-state index in [2.05, 4.69) is 16.0 Å². The summed E-state index contributed by atoms with van der Waals surface area (Å²) in [6.07, 6.45) is 1.81. The highest BCUT2D eigenvalue weighted by Gasteiger charge is 2.28. The lowest BCUT2D eigenvalue weighted by Crippen LogP contribution is -2.50. The van der Waals surface area contributed by atoms with Gasteiger partial charge in [0.15, 0.2) is 0 Å². The lowest BCUT2D eigenvalue weighted by atomic mass is 10.1. The van der Waals surface area contributed by atoms with Crippen molar-refractivity contribution in [2.45, 2.75) is 0 Å². The second-order valence-corrected chi connectivity index (χ2v) is 5.56. The number of nitrogens with one attached hydrogen (secondary N) is 1. The van der Waals surface area contributed by atoms with Crippen LogP contribution in [0.1, 0.15) is 15.9 Å². The van der Waals surface area contributed by atoms with Gasteiger partial charge in [0.25, 0.3) is 11.7 Å². The average molecular weight is 323 g/mol. The van der Waals surface area contributed by atoms with Gasteiger partial charge in [0.05, 0.1) is 26.4 Å². The van der Waals surface area contributed by atoms with E-state index in [1.54, 1.807) is 25.3 Å². The van der Waals surface area contributed by atoms with Gasteiger partial charge >= 0.3 is 0 Å². The third-order valence-electron chi connectivity index (χ3n) is 4.15. The molecule has 1 fully saturated rings. The number of amides is 1. The van der Waals surface area contributed by atoms with Gasteiger partial charge in [-0.3, -0.25) is 9.69 Å². The Morgan fingerprint density at radius 3 is 2.71 bits per heavy atom. The Morgan fingerprint density at radius 2 is 2.00 bits per heavy atom. The number of aromatic amines is 1. The summed E-state index contributed by atoms with van der Waals surface area (Å²) in [6.45, 7) is 2.60. The van der Waals surface area contributed by atoms with Gasteiger partial charge in [0.2, 0.25) is 0 Å². The summed E-state index contributed by atoms with van der Waals surface area (Å²) in [5.74, 6) is 1.50. The van der Waals surface area contributed by atoms with E-state index in [1.165, 1.54) is 0 Å². The van der Waals surface area contributed by atoms with E-state index in [0.29, 0.717) is 43.1 Å². The van der Waals surface area contributed by atoms with Crippen LogP contribution in [0.3, 0.4) is 0 Å². The zero-order chi connectivity index (χ0) is 16.9. The maximum absolute atomic E-state index is 12.6. The first-order valence-corrected chi connectivity index (χ1v) is 7.82. The molecule has 1 aromatic heterocycles. The molecule has 1 aliphatic heterocycles. The van der Waals surface area contributed by atoms with Crippen molar-refractivity contribution in [3.05, 3.63) is 53.7 Å². The number of hydrogen-bond acceptors (Lipinski definition) is 4. The molecule has 0 bridgehead atoms. The number of rotatable bonds is 3. The molecule has 1 saturated heterocycles. The van der Waals surface area contributed by atoms with E-state index >= 15 is 0 Å². The second-order valence-electron chi connectivity index (χ2n) is 5.56. The van der Waals surface area contributed by atoms with Crippen molar-refractivity contribution in [1.29, 1.82) is 5.26 Å². The van der Waals surface area contributed by atoms with Crippen LogP contribution in [0.4, 0.5) is 5.82 Å². The summed E-state index contributed by atoms with van der Waals surface area (Å²) in [5, 5.41) is 9.21. The zero-order valence-electron chi connectivity index (χ0n) is 13.5. The van der Waals surface area contributed by atoms with Gasteiger partial charge in [-0.1, -0.05) is 6.07 Å². The zero-order valence-corrected chi connectivity index (χ0v) is 13.5. The number of nitrogens with zero attached hydrogens (tertiary/aromatic N) is 3. The van der Waals surface area contributed by atoms with E-state index in [0.717, 1.165) is 5.82 Å². The Bertz CT molecular complexity index is 777. The lowest BCUT2D eigenvalue weighted by Gasteiger charge is -2.31. The smallest absolute Gasteiger partial charge is 0.292 e. The molecule has 2 heterocycles. The first-order chi connectivity index (χ1) is 11.7. The summed E-state index contributed by atoms with van der Waals surface area (Å²) >= 11 is 0. The number of pyridine rings is 1. The lowest BCUT2D eigenvalue weighted by molar-refractivity contribution is -0.364. The molecule has 6 heteroatoms. The highest BCUT2D eigenvalue weighted by atomic mass is 16.5. The molecular formula is C18H19N4O2+. The van der Waals surface area contributed by atoms with E-state index in [9.17, 15) is 10.1 Å². The van der Waals surface area contributed by atoms with Crippen LogP contribution in [-0.4, -0.2) is 44.1 Å². The van der Waals surface area contributed by atoms with E-state index < -0.39 is 0 Å². The summed E-state index contributed by atoms with van der Waals surface area (Å²) in [7, 11) is 1.59. The molecule has 0 radical (unpaired) electrons. The minimum atomic E-state index is 0.00565. The van der Waals surface area contributed by atoms with Gasteiger partial charge in [-0.05, 0) is 30.3 Å². The Kier molecular flexibility index (Phi) is 4.62. The van der Waals surface area contributed by atoms with Crippen LogP contribution in [-0.2, 0) is 0 Å². The number of ether oxygens (including phenoxy) is 1. The van der Waals surface area contributed by atoms with E-state index in [1.807, 2.05) is 29.3 Å². The van der Waals surface area contributed by atoms with E-state index in [-0.39, 0.29) is 5.91 Å². The fourth-order valence-corrected chi connectivity index (χ4v) is 2.85. The highest BCUT2D eigenvalue weighted by molar-refractivity contribution is 5.94. The van der Waals surface area contributed by atoms with Gasteiger partial charge in [-0.2, -0.15) is 5.26 Å². The molecule has 2 aromatic rings. The molecule has 1 amide bonds. The number of piperazine rings is 1. The Morgan fingerprint density at radius 1 is 1.21 bits per heavy atom. The number of aromatic nitrogens is 1. The SMILES string of the molecule is COc1cccc(C(=O)N2CCN(c3[nH+]cccc3C#N)CC2)c1. The molecule has 122 valence electrons. The molecule has 6 nitrogen and oxygen atoms in total. The third kappa shape index (κ3) is 3.15. The molecule has 24 heavy (non-hydrogen) atoms. The van der Waals surface area contributed by atoms with Gasteiger partial charge < -0.3 is 9.64 Å². The van der Waals surface area contributed by atoms with Crippen LogP contribution in [0, 0.1) is 11.3 Å². The molecular weight excluding hydrogens is 304 g/mol. The summed E-state index contributed by atoms with van der Waals surface area (Å²) in [6, 6.07) is 13.0. The molecule has 0 atom stereocenters. The fraction of sp³-hybridized carbons (Fsp3) is 0.278. The molecule has 0 unspecified atom stereocenters. The highest BCUT2D eigenvalue weighted by Crippen LogP contribution is 2.18. The van der Waals surface area contributed by atoms with Crippen molar-refractivity contribution in [3.63, 3.8) is 0 Å². The Balaban J connectivity index is 1.68. The first kappa shape index (κ1) is 15.8. The topological polar surface area (TPSA) is 70.7 Å². The minimum absolute atomic E-state index is 0.00565. The van der Waals surface area contributed by atoms with Crippen molar-refractivity contribution >= 4 is 11.7 Å². The van der Waals surface area contributed by atoms with Crippen molar-refractivity contribution in [2.24, 2.45) is 0 Å².